The second kappa shape index (κ2) is 6.62. The number of rotatable bonds is 4. The lowest BCUT2D eigenvalue weighted by atomic mass is 10.0. The SMILES string of the molecule is C=C(C(C(=O)OCC)=C(C(F)(F)F)C(F)(F)F)N1CCCC1. The molecular formula is C13H15F6NO2. The molecule has 1 saturated heterocycles. The molecule has 0 radical (unpaired) electrons. The molecule has 1 rings (SSSR count). The zero-order valence-electron chi connectivity index (χ0n) is 11.8. The van der Waals surface area contributed by atoms with Crippen molar-refractivity contribution in [3.8, 4) is 0 Å². The fourth-order valence-electron chi connectivity index (χ4n) is 2.16. The predicted molar refractivity (Wildman–Crippen MR) is 65.7 cm³/mol. The number of carbonyl (C=O) groups is 1. The van der Waals surface area contributed by atoms with E-state index in [0.29, 0.717) is 12.8 Å². The van der Waals surface area contributed by atoms with Crippen LogP contribution in [0.4, 0.5) is 26.3 Å². The van der Waals surface area contributed by atoms with Crippen LogP contribution in [0.5, 0.6) is 0 Å². The molecule has 1 aliphatic heterocycles. The molecule has 1 aliphatic rings. The molecule has 0 atom stereocenters. The monoisotopic (exact) mass is 331 g/mol. The maximum Gasteiger partial charge on any atom is 0.422 e. The lowest BCUT2D eigenvalue weighted by molar-refractivity contribution is -0.175. The lowest BCUT2D eigenvalue weighted by Gasteiger charge is -2.25. The molecule has 1 heterocycles. The summed E-state index contributed by atoms with van der Waals surface area (Å²) in [5.74, 6) is -1.68. The van der Waals surface area contributed by atoms with Crippen molar-refractivity contribution in [2.75, 3.05) is 19.7 Å². The summed E-state index contributed by atoms with van der Waals surface area (Å²) in [5.41, 5.74) is -5.06. The fourth-order valence-corrected chi connectivity index (χ4v) is 2.16. The number of hydrogen-bond acceptors (Lipinski definition) is 3. The summed E-state index contributed by atoms with van der Waals surface area (Å²) >= 11 is 0. The van der Waals surface area contributed by atoms with Crippen LogP contribution in [0.2, 0.25) is 0 Å². The Morgan fingerprint density at radius 3 is 1.91 bits per heavy atom. The third-order valence-corrected chi connectivity index (χ3v) is 3.07. The standard InChI is InChI=1S/C13H15F6NO2/c1-3-22-11(21)9(8(2)20-6-4-5-7-20)10(12(14,15)16)13(17,18)19/h2-7H2,1H3. The van der Waals surface area contributed by atoms with Crippen molar-refractivity contribution >= 4 is 5.97 Å². The first-order chi connectivity index (χ1) is 10.00. The third-order valence-electron chi connectivity index (χ3n) is 3.07. The van der Waals surface area contributed by atoms with Gasteiger partial charge in [-0.3, -0.25) is 0 Å². The number of nitrogens with zero attached hydrogens (tertiary/aromatic N) is 1. The van der Waals surface area contributed by atoms with Crippen LogP contribution in [-0.4, -0.2) is 42.9 Å². The zero-order chi connectivity index (χ0) is 17.1. The van der Waals surface area contributed by atoms with Gasteiger partial charge in [0.15, 0.2) is 5.57 Å². The van der Waals surface area contributed by atoms with E-state index in [2.05, 4.69) is 11.3 Å². The number of likely N-dealkylation sites (tertiary alicyclic amines) is 1. The molecule has 0 spiro atoms. The number of alkyl halides is 6. The van der Waals surface area contributed by atoms with Crippen LogP contribution in [-0.2, 0) is 9.53 Å². The minimum Gasteiger partial charge on any atom is -0.462 e. The Labute approximate surface area is 123 Å². The molecule has 0 aromatic heterocycles. The van der Waals surface area contributed by atoms with Crippen LogP contribution in [0.3, 0.4) is 0 Å². The van der Waals surface area contributed by atoms with Gasteiger partial charge in [-0.2, -0.15) is 26.3 Å². The molecule has 0 bridgehead atoms. The molecule has 3 nitrogen and oxygen atoms in total. The van der Waals surface area contributed by atoms with Crippen molar-refractivity contribution in [3.63, 3.8) is 0 Å². The van der Waals surface area contributed by atoms with E-state index >= 15 is 0 Å². The van der Waals surface area contributed by atoms with Gasteiger partial charge in [-0.05, 0) is 19.8 Å². The van der Waals surface area contributed by atoms with Crippen LogP contribution in [0.25, 0.3) is 0 Å². The number of esters is 1. The Kier molecular flexibility index (Phi) is 5.53. The minimum atomic E-state index is -5.75. The number of ether oxygens (including phenoxy) is 1. The highest BCUT2D eigenvalue weighted by Gasteiger charge is 2.55. The van der Waals surface area contributed by atoms with Crippen molar-refractivity contribution < 1.29 is 35.9 Å². The first kappa shape index (κ1) is 18.4. The molecule has 126 valence electrons. The topological polar surface area (TPSA) is 29.5 Å². The zero-order valence-corrected chi connectivity index (χ0v) is 11.8. The van der Waals surface area contributed by atoms with Gasteiger partial charge < -0.3 is 9.64 Å². The van der Waals surface area contributed by atoms with E-state index in [1.165, 1.54) is 11.8 Å². The largest absolute Gasteiger partial charge is 0.462 e. The molecule has 0 amide bonds. The summed E-state index contributed by atoms with van der Waals surface area (Å²) in [6.07, 6.45) is -10.3. The average molecular weight is 331 g/mol. The van der Waals surface area contributed by atoms with Crippen LogP contribution in [0, 0.1) is 0 Å². The summed E-state index contributed by atoms with van der Waals surface area (Å²) in [4.78, 5) is 12.9. The normalized spacial score (nSPS) is 15.7. The summed E-state index contributed by atoms with van der Waals surface area (Å²) in [6.45, 7) is 4.68. The number of allylic oxidation sites excluding steroid dienone is 1. The molecule has 0 N–H and O–H groups in total. The number of halogens is 6. The quantitative estimate of drug-likeness (QED) is 0.341. The van der Waals surface area contributed by atoms with E-state index in [1.54, 1.807) is 0 Å². The maximum absolute atomic E-state index is 12.9. The van der Waals surface area contributed by atoms with Crippen molar-refractivity contribution in [1.82, 2.24) is 4.90 Å². The highest BCUT2D eigenvalue weighted by atomic mass is 19.4. The molecule has 0 saturated carbocycles. The lowest BCUT2D eigenvalue weighted by Crippen LogP contribution is -2.34. The molecule has 1 fully saturated rings. The van der Waals surface area contributed by atoms with Gasteiger partial charge in [0, 0.05) is 18.8 Å². The Bertz CT molecular complexity index is 456. The molecular weight excluding hydrogens is 316 g/mol. The Balaban J connectivity index is 3.47. The highest BCUT2D eigenvalue weighted by molar-refractivity contribution is 5.94. The van der Waals surface area contributed by atoms with Gasteiger partial charge >= 0.3 is 18.3 Å². The summed E-state index contributed by atoms with van der Waals surface area (Å²) < 4.78 is 81.6. The van der Waals surface area contributed by atoms with E-state index < -0.39 is 35.2 Å². The van der Waals surface area contributed by atoms with Crippen LogP contribution < -0.4 is 0 Å². The fraction of sp³-hybridized carbons (Fsp3) is 0.615. The van der Waals surface area contributed by atoms with E-state index in [-0.39, 0.29) is 19.7 Å². The van der Waals surface area contributed by atoms with Gasteiger partial charge in [-0.15, -0.1) is 0 Å². The van der Waals surface area contributed by atoms with Crippen LogP contribution in [0.15, 0.2) is 23.4 Å². The first-order valence-corrected chi connectivity index (χ1v) is 6.50. The average Bonchev–Trinajstić information content (AvgIpc) is 2.85. The van der Waals surface area contributed by atoms with Crippen molar-refractivity contribution in [2.45, 2.75) is 32.1 Å². The van der Waals surface area contributed by atoms with Gasteiger partial charge in [-0.1, -0.05) is 6.58 Å². The summed E-state index contributed by atoms with van der Waals surface area (Å²) in [5, 5.41) is 0. The van der Waals surface area contributed by atoms with Crippen LogP contribution in [0.1, 0.15) is 19.8 Å². The Morgan fingerprint density at radius 1 is 1.09 bits per heavy atom. The predicted octanol–water partition coefficient (Wildman–Crippen LogP) is 3.58. The number of carbonyl (C=O) groups excluding carboxylic acids is 1. The second-order valence-electron chi connectivity index (χ2n) is 4.61. The molecule has 22 heavy (non-hydrogen) atoms. The van der Waals surface area contributed by atoms with E-state index in [9.17, 15) is 31.1 Å². The van der Waals surface area contributed by atoms with Crippen molar-refractivity contribution in [1.29, 1.82) is 0 Å². The van der Waals surface area contributed by atoms with Crippen molar-refractivity contribution in [2.24, 2.45) is 0 Å². The van der Waals surface area contributed by atoms with E-state index in [4.69, 9.17) is 0 Å². The second-order valence-corrected chi connectivity index (χ2v) is 4.61. The molecule has 0 aliphatic carbocycles. The van der Waals surface area contributed by atoms with Gasteiger partial charge in [0.25, 0.3) is 0 Å². The number of hydrogen-bond donors (Lipinski definition) is 0. The summed E-state index contributed by atoms with van der Waals surface area (Å²) in [7, 11) is 0. The Morgan fingerprint density at radius 2 is 1.55 bits per heavy atom. The van der Waals surface area contributed by atoms with Crippen molar-refractivity contribution in [3.05, 3.63) is 23.4 Å². The van der Waals surface area contributed by atoms with E-state index in [1.807, 2.05) is 0 Å². The van der Waals surface area contributed by atoms with Gasteiger partial charge in [0.2, 0.25) is 0 Å². The van der Waals surface area contributed by atoms with E-state index in [0.717, 1.165) is 0 Å². The maximum atomic E-state index is 12.9. The molecule has 0 aromatic rings. The Hall–Kier alpha value is -1.67. The summed E-state index contributed by atoms with van der Waals surface area (Å²) in [6, 6.07) is 0. The van der Waals surface area contributed by atoms with Gasteiger partial charge in [0.05, 0.1) is 12.2 Å². The third kappa shape index (κ3) is 4.17. The van der Waals surface area contributed by atoms with Gasteiger partial charge in [-0.25, -0.2) is 4.79 Å². The molecule has 0 unspecified atom stereocenters. The first-order valence-electron chi connectivity index (χ1n) is 6.50. The molecule has 9 heteroatoms. The molecule has 0 aromatic carbocycles. The van der Waals surface area contributed by atoms with Crippen LogP contribution >= 0.6 is 0 Å². The highest BCUT2D eigenvalue weighted by Crippen LogP contribution is 2.43. The van der Waals surface area contributed by atoms with Gasteiger partial charge in [0.1, 0.15) is 0 Å². The minimum absolute atomic E-state index is 0.241. The smallest absolute Gasteiger partial charge is 0.422 e.